The minimum atomic E-state index is -0.455. The molecule has 2 heterocycles. The second-order valence-corrected chi connectivity index (χ2v) is 5.54. The molecule has 0 spiro atoms. The molecule has 8 heteroatoms. The molecular weight excluding hydrogens is 314 g/mol. The average molecular weight is 331 g/mol. The van der Waals surface area contributed by atoms with Crippen LogP contribution in [0.15, 0.2) is 36.0 Å². The first-order valence-corrected chi connectivity index (χ1v) is 7.54. The summed E-state index contributed by atoms with van der Waals surface area (Å²) in [5.41, 5.74) is 1.86. The van der Waals surface area contributed by atoms with Crippen molar-refractivity contribution in [3.8, 4) is 0 Å². The van der Waals surface area contributed by atoms with E-state index >= 15 is 0 Å². The lowest BCUT2D eigenvalue weighted by Crippen LogP contribution is -2.34. The van der Waals surface area contributed by atoms with E-state index in [0.717, 1.165) is 10.5 Å². The van der Waals surface area contributed by atoms with Crippen LogP contribution in [0.3, 0.4) is 0 Å². The summed E-state index contributed by atoms with van der Waals surface area (Å²) in [6.45, 7) is 0.0607. The fourth-order valence-corrected chi connectivity index (χ4v) is 2.61. The first-order valence-electron chi connectivity index (χ1n) is 7.54. The second kappa shape index (κ2) is 6.71. The van der Waals surface area contributed by atoms with E-state index in [0.29, 0.717) is 18.7 Å². The zero-order valence-corrected chi connectivity index (χ0v) is 12.8. The summed E-state index contributed by atoms with van der Waals surface area (Å²) < 4.78 is 4.84. The van der Waals surface area contributed by atoms with E-state index in [1.807, 2.05) is 12.1 Å². The van der Waals surface area contributed by atoms with Crippen LogP contribution >= 0.6 is 0 Å². The number of nitrogens with zero attached hydrogens (tertiary/aromatic N) is 1. The first kappa shape index (κ1) is 16.0. The third-order valence-electron chi connectivity index (χ3n) is 3.79. The fraction of sp³-hybridized carbons (Fsp3) is 0.312. The standard InChI is InChI=1S/C16H17N3O5/c20-6-5-19-14(21)8-13(15(19)22)17-11-3-1-10(2-4-11)7-12-9-24-16(23)18-12/h1-4,8,12,17,20H,5-7,9H2,(H,18,23). The lowest BCUT2D eigenvalue weighted by Gasteiger charge is -2.13. The van der Waals surface area contributed by atoms with E-state index in [9.17, 15) is 14.4 Å². The molecule has 0 aliphatic carbocycles. The van der Waals surface area contributed by atoms with Gasteiger partial charge in [0, 0.05) is 11.8 Å². The van der Waals surface area contributed by atoms with Crippen molar-refractivity contribution in [2.45, 2.75) is 12.5 Å². The van der Waals surface area contributed by atoms with Crippen molar-refractivity contribution in [1.29, 1.82) is 0 Å². The molecular formula is C16H17N3O5. The highest BCUT2D eigenvalue weighted by Crippen LogP contribution is 2.18. The Morgan fingerprint density at radius 1 is 1.25 bits per heavy atom. The van der Waals surface area contributed by atoms with Gasteiger partial charge in [0.2, 0.25) is 0 Å². The molecule has 24 heavy (non-hydrogen) atoms. The van der Waals surface area contributed by atoms with Crippen LogP contribution in [0, 0.1) is 0 Å². The minimum absolute atomic E-state index is 0.0204. The van der Waals surface area contributed by atoms with Gasteiger partial charge in [0.25, 0.3) is 11.8 Å². The van der Waals surface area contributed by atoms with E-state index < -0.39 is 17.9 Å². The number of hydrogen-bond donors (Lipinski definition) is 3. The SMILES string of the molecule is O=C1NC(Cc2ccc(NC3=CC(=O)N(CCO)C3=O)cc2)CO1. The van der Waals surface area contributed by atoms with Gasteiger partial charge in [0.1, 0.15) is 12.3 Å². The van der Waals surface area contributed by atoms with Crippen molar-refractivity contribution in [3.63, 3.8) is 0 Å². The molecule has 126 valence electrons. The summed E-state index contributed by atoms with van der Waals surface area (Å²) in [5.74, 6) is -0.894. The van der Waals surface area contributed by atoms with Gasteiger partial charge in [-0.25, -0.2) is 4.79 Å². The van der Waals surface area contributed by atoms with Gasteiger partial charge in [-0.05, 0) is 24.1 Å². The van der Waals surface area contributed by atoms with Crippen molar-refractivity contribution in [2.75, 3.05) is 25.1 Å². The number of amides is 3. The highest BCUT2D eigenvalue weighted by atomic mass is 16.6. The Morgan fingerprint density at radius 3 is 2.62 bits per heavy atom. The Bertz CT molecular complexity index is 698. The molecule has 1 unspecified atom stereocenters. The molecule has 0 saturated carbocycles. The largest absolute Gasteiger partial charge is 0.447 e. The molecule has 1 atom stereocenters. The average Bonchev–Trinajstić information content (AvgIpc) is 3.08. The van der Waals surface area contributed by atoms with Crippen molar-refractivity contribution in [3.05, 3.63) is 41.6 Å². The van der Waals surface area contributed by atoms with Crippen LogP contribution in [0.4, 0.5) is 10.5 Å². The van der Waals surface area contributed by atoms with E-state index in [1.54, 1.807) is 12.1 Å². The Morgan fingerprint density at radius 2 is 2.00 bits per heavy atom. The van der Waals surface area contributed by atoms with E-state index in [-0.39, 0.29) is 24.9 Å². The van der Waals surface area contributed by atoms with Crippen LogP contribution in [0.1, 0.15) is 5.56 Å². The number of anilines is 1. The predicted molar refractivity (Wildman–Crippen MR) is 83.9 cm³/mol. The number of benzene rings is 1. The third-order valence-corrected chi connectivity index (χ3v) is 3.79. The number of carbonyl (C=O) groups is 3. The zero-order valence-electron chi connectivity index (χ0n) is 12.8. The van der Waals surface area contributed by atoms with Crippen molar-refractivity contribution in [2.24, 2.45) is 0 Å². The Balaban J connectivity index is 1.60. The van der Waals surface area contributed by atoms with Gasteiger partial charge in [-0.15, -0.1) is 0 Å². The molecule has 8 nitrogen and oxygen atoms in total. The van der Waals surface area contributed by atoms with Gasteiger partial charge < -0.3 is 20.5 Å². The molecule has 0 radical (unpaired) electrons. The van der Waals surface area contributed by atoms with Crippen LogP contribution in [0.25, 0.3) is 0 Å². The van der Waals surface area contributed by atoms with Gasteiger partial charge in [-0.3, -0.25) is 14.5 Å². The molecule has 1 aromatic carbocycles. The maximum atomic E-state index is 12.0. The van der Waals surface area contributed by atoms with Crippen LogP contribution in [0.5, 0.6) is 0 Å². The molecule has 2 aliphatic rings. The predicted octanol–water partition coefficient (Wildman–Crippen LogP) is -0.00560. The maximum absolute atomic E-state index is 12.0. The summed E-state index contributed by atoms with van der Waals surface area (Å²) in [5, 5.41) is 14.5. The van der Waals surface area contributed by atoms with Gasteiger partial charge in [-0.2, -0.15) is 0 Å². The second-order valence-electron chi connectivity index (χ2n) is 5.54. The van der Waals surface area contributed by atoms with Crippen LogP contribution < -0.4 is 10.6 Å². The van der Waals surface area contributed by atoms with Gasteiger partial charge in [-0.1, -0.05) is 12.1 Å². The minimum Gasteiger partial charge on any atom is -0.447 e. The molecule has 1 aromatic rings. The number of ether oxygens (including phenoxy) is 1. The summed E-state index contributed by atoms with van der Waals surface area (Å²) >= 11 is 0. The number of nitrogens with one attached hydrogen (secondary N) is 2. The number of imide groups is 1. The van der Waals surface area contributed by atoms with Gasteiger partial charge in [0.05, 0.1) is 19.2 Å². The van der Waals surface area contributed by atoms with Crippen LogP contribution in [-0.2, 0) is 20.7 Å². The fourth-order valence-electron chi connectivity index (χ4n) is 2.61. The van der Waals surface area contributed by atoms with Crippen LogP contribution in [-0.4, -0.2) is 53.7 Å². The number of cyclic esters (lactones) is 1. The number of aliphatic hydroxyl groups is 1. The lowest BCUT2D eigenvalue weighted by atomic mass is 10.1. The van der Waals surface area contributed by atoms with Gasteiger partial charge >= 0.3 is 6.09 Å². The lowest BCUT2D eigenvalue weighted by molar-refractivity contribution is -0.137. The topological polar surface area (TPSA) is 108 Å². The summed E-state index contributed by atoms with van der Waals surface area (Å²) in [7, 11) is 0. The molecule has 3 amide bonds. The van der Waals surface area contributed by atoms with Gasteiger partial charge in [0.15, 0.2) is 0 Å². The summed E-state index contributed by atoms with van der Waals surface area (Å²) in [4.78, 5) is 35.7. The summed E-state index contributed by atoms with van der Waals surface area (Å²) in [6, 6.07) is 7.29. The van der Waals surface area contributed by atoms with E-state index in [4.69, 9.17) is 9.84 Å². The number of hydrogen-bond acceptors (Lipinski definition) is 6. The highest BCUT2D eigenvalue weighted by Gasteiger charge is 2.30. The number of rotatable bonds is 6. The number of alkyl carbamates (subject to hydrolysis) is 1. The maximum Gasteiger partial charge on any atom is 0.407 e. The molecule has 3 N–H and O–H groups in total. The molecule has 2 aliphatic heterocycles. The number of aliphatic hydroxyl groups excluding tert-OH is 1. The summed E-state index contributed by atoms with van der Waals surface area (Å²) in [6.07, 6.45) is 1.47. The van der Waals surface area contributed by atoms with Crippen LogP contribution in [0.2, 0.25) is 0 Å². The quantitative estimate of drug-likeness (QED) is 0.633. The smallest absolute Gasteiger partial charge is 0.407 e. The van der Waals surface area contributed by atoms with Crippen molar-refractivity contribution >= 4 is 23.6 Å². The number of carbonyl (C=O) groups excluding carboxylic acids is 3. The Labute approximate surface area is 138 Å². The monoisotopic (exact) mass is 331 g/mol. The third kappa shape index (κ3) is 3.38. The normalized spacial score (nSPS) is 20.0. The highest BCUT2D eigenvalue weighted by molar-refractivity contribution is 6.17. The molecule has 0 bridgehead atoms. The Hall–Kier alpha value is -2.87. The van der Waals surface area contributed by atoms with Crippen molar-refractivity contribution < 1.29 is 24.2 Å². The molecule has 1 fully saturated rings. The van der Waals surface area contributed by atoms with E-state index in [2.05, 4.69) is 10.6 Å². The molecule has 3 rings (SSSR count). The molecule has 1 saturated heterocycles. The Kier molecular flexibility index (Phi) is 4.48. The van der Waals surface area contributed by atoms with Crippen molar-refractivity contribution in [1.82, 2.24) is 10.2 Å². The van der Waals surface area contributed by atoms with E-state index in [1.165, 1.54) is 6.08 Å². The zero-order chi connectivity index (χ0) is 17.1. The first-order chi connectivity index (χ1) is 11.6. The molecule has 0 aromatic heterocycles. The number of β-amino-alcohol motifs (C(OH)–C–C–N with tert-alkyl or cyclic N) is 1.